The van der Waals surface area contributed by atoms with Crippen molar-refractivity contribution in [2.45, 2.75) is 38.3 Å². The highest BCUT2D eigenvalue weighted by molar-refractivity contribution is 7.74. The van der Waals surface area contributed by atoms with Crippen LogP contribution in [0.1, 0.15) is 37.7 Å². The fraction of sp³-hybridized carbons (Fsp3) is 0.455. The minimum absolute atomic E-state index is 0.0310. The summed E-state index contributed by atoms with van der Waals surface area (Å²) in [6.45, 7) is 3.98. The SMILES string of the molecule is Cn1cc(N([SH](=O)=O)C2(CO)CCN(C(=O)OC(C)(C)C)C2)c(F)c1C(=O)Nc1ccc(F)c(F)c1. The van der Waals surface area contributed by atoms with Gasteiger partial charge in [0.05, 0.1) is 18.7 Å². The lowest BCUT2D eigenvalue weighted by molar-refractivity contribution is 0.0279. The molecule has 14 heteroatoms. The van der Waals surface area contributed by atoms with Crippen LogP contribution >= 0.6 is 0 Å². The monoisotopic (exact) mass is 532 g/mol. The number of hydrogen-bond donors (Lipinski definition) is 3. The van der Waals surface area contributed by atoms with Gasteiger partial charge in [-0.25, -0.2) is 26.4 Å². The first kappa shape index (κ1) is 27.3. The van der Waals surface area contributed by atoms with Crippen LogP contribution in [0, 0.1) is 17.5 Å². The van der Waals surface area contributed by atoms with Crippen molar-refractivity contribution in [2.75, 3.05) is 29.3 Å². The summed E-state index contributed by atoms with van der Waals surface area (Å²) in [7, 11) is -2.26. The summed E-state index contributed by atoms with van der Waals surface area (Å²) < 4.78 is 73.8. The quantitative estimate of drug-likeness (QED) is 0.492. The molecule has 2 aromatic rings. The average molecular weight is 533 g/mol. The molecule has 2 N–H and O–H groups in total. The molecular weight excluding hydrogens is 505 g/mol. The summed E-state index contributed by atoms with van der Waals surface area (Å²) in [5.41, 5.74) is -3.69. The number of nitrogens with one attached hydrogen (secondary N) is 1. The number of likely N-dealkylation sites (tertiary alicyclic amines) is 1. The molecular formula is C22H27F3N4O6S. The van der Waals surface area contributed by atoms with Crippen LogP contribution in [0.5, 0.6) is 0 Å². The van der Waals surface area contributed by atoms with Crippen molar-refractivity contribution in [3.8, 4) is 0 Å². The van der Waals surface area contributed by atoms with Crippen LogP contribution in [0.4, 0.5) is 29.3 Å². The molecule has 2 heterocycles. The van der Waals surface area contributed by atoms with Crippen molar-refractivity contribution in [1.82, 2.24) is 9.47 Å². The van der Waals surface area contributed by atoms with E-state index in [1.54, 1.807) is 20.8 Å². The number of aryl methyl sites for hydroxylation is 1. The van der Waals surface area contributed by atoms with Crippen LogP contribution in [0.2, 0.25) is 0 Å². The first-order valence-corrected chi connectivity index (χ1v) is 12.0. The van der Waals surface area contributed by atoms with Crippen molar-refractivity contribution in [1.29, 1.82) is 0 Å². The third-order valence-corrected chi connectivity index (χ3v) is 6.58. The number of halogens is 3. The second kappa shape index (κ2) is 10.0. The second-order valence-electron chi connectivity index (χ2n) is 9.45. The summed E-state index contributed by atoms with van der Waals surface area (Å²) in [4.78, 5) is 26.4. The van der Waals surface area contributed by atoms with Gasteiger partial charge in [0, 0.05) is 31.5 Å². The van der Waals surface area contributed by atoms with E-state index >= 15 is 4.39 Å². The van der Waals surface area contributed by atoms with E-state index in [-0.39, 0.29) is 25.2 Å². The second-order valence-corrected chi connectivity index (χ2v) is 10.3. The molecule has 1 saturated heterocycles. The Labute approximate surface area is 207 Å². The lowest BCUT2D eigenvalue weighted by Crippen LogP contribution is -2.54. The Morgan fingerprint density at radius 2 is 1.89 bits per heavy atom. The van der Waals surface area contributed by atoms with Gasteiger partial charge < -0.3 is 24.6 Å². The number of anilines is 2. The lowest BCUT2D eigenvalue weighted by Gasteiger charge is -2.36. The van der Waals surface area contributed by atoms with Crippen LogP contribution in [-0.2, 0) is 22.7 Å². The largest absolute Gasteiger partial charge is 0.444 e. The third-order valence-electron chi connectivity index (χ3n) is 5.61. The van der Waals surface area contributed by atoms with E-state index in [1.165, 1.54) is 11.9 Å². The van der Waals surface area contributed by atoms with E-state index in [0.717, 1.165) is 22.9 Å². The van der Waals surface area contributed by atoms with Gasteiger partial charge in [-0.2, -0.15) is 0 Å². The zero-order valence-corrected chi connectivity index (χ0v) is 20.9. The van der Waals surface area contributed by atoms with Crippen molar-refractivity contribution < 1.29 is 41.0 Å². The number of amides is 2. The lowest BCUT2D eigenvalue weighted by atomic mass is 9.99. The van der Waals surface area contributed by atoms with Crippen molar-refractivity contribution in [3.05, 3.63) is 47.5 Å². The van der Waals surface area contributed by atoms with Gasteiger partial charge in [0.15, 0.2) is 17.5 Å². The Morgan fingerprint density at radius 3 is 2.44 bits per heavy atom. The van der Waals surface area contributed by atoms with Crippen LogP contribution in [0.3, 0.4) is 0 Å². The number of carbonyl (C=O) groups is 2. The molecule has 0 aliphatic carbocycles. The first-order chi connectivity index (χ1) is 16.7. The third kappa shape index (κ3) is 5.43. The highest BCUT2D eigenvalue weighted by Gasteiger charge is 2.48. The van der Waals surface area contributed by atoms with Crippen LogP contribution < -0.4 is 9.62 Å². The van der Waals surface area contributed by atoms with Crippen molar-refractivity contribution in [2.24, 2.45) is 7.05 Å². The normalized spacial score (nSPS) is 18.0. The van der Waals surface area contributed by atoms with E-state index in [2.05, 4.69) is 5.32 Å². The number of benzene rings is 1. The number of hydrogen-bond acceptors (Lipinski definition) is 6. The molecule has 2 amide bonds. The molecule has 1 unspecified atom stereocenters. The minimum atomic E-state index is -3.54. The zero-order chi connectivity index (χ0) is 27.0. The maximum absolute atomic E-state index is 15.5. The van der Waals surface area contributed by atoms with Crippen molar-refractivity contribution >= 4 is 34.3 Å². The van der Waals surface area contributed by atoms with Gasteiger partial charge in [0.1, 0.15) is 17.0 Å². The number of thiol groups is 1. The predicted octanol–water partition coefficient (Wildman–Crippen LogP) is 2.40. The molecule has 1 aliphatic heterocycles. The number of aliphatic hydroxyl groups excluding tert-OH is 1. The van der Waals surface area contributed by atoms with Crippen LogP contribution in [-0.4, -0.2) is 65.8 Å². The van der Waals surface area contributed by atoms with Gasteiger partial charge in [-0.1, -0.05) is 0 Å². The zero-order valence-electron chi connectivity index (χ0n) is 20.0. The number of aromatic nitrogens is 1. The highest BCUT2D eigenvalue weighted by Crippen LogP contribution is 2.36. The molecule has 0 spiro atoms. The molecule has 1 aromatic carbocycles. The molecule has 1 aliphatic rings. The number of nitrogens with zero attached hydrogens (tertiary/aromatic N) is 3. The minimum Gasteiger partial charge on any atom is -0.444 e. The van der Waals surface area contributed by atoms with E-state index in [9.17, 15) is 31.9 Å². The first-order valence-electron chi connectivity index (χ1n) is 10.8. The van der Waals surface area contributed by atoms with Crippen molar-refractivity contribution in [3.63, 3.8) is 0 Å². The fourth-order valence-corrected chi connectivity index (χ4v) is 4.87. The number of aliphatic hydroxyl groups is 1. The summed E-state index contributed by atoms with van der Waals surface area (Å²) in [5, 5.41) is 12.4. The van der Waals surface area contributed by atoms with Gasteiger partial charge in [-0.05, 0) is 39.3 Å². The Hall–Kier alpha value is -3.26. The topological polar surface area (TPSA) is 121 Å². The molecule has 1 atom stereocenters. The standard InChI is InChI=1S/C22H27F3N4O6S/c1-21(2,3)35-20(32)28-8-7-22(11-28,12-30)29(36(33)34)16-10-27(4)18(17(16)25)19(31)26-13-5-6-14(23)15(24)9-13/h5-6,9-10,30,36H,7-8,11-12H2,1-4H3,(H,26,31). The summed E-state index contributed by atoms with van der Waals surface area (Å²) in [5.74, 6) is -4.63. The highest BCUT2D eigenvalue weighted by atomic mass is 32.2. The Kier molecular flexibility index (Phi) is 7.60. The summed E-state index contributed by atoms with van der Waals surface area (Å²) >= 11 is 0. The van der Waals surface area contributed by atoms with E-state index in [4.69, 9.17) is 4.74 Å². The van der Waals surface area contributed by atoms with Crippen LogP contribution in [0.25, 0.3) is 0 Å². The maximum atomic E-state index is 15.5. The van der Waals surface area contributed by atoms with E-state index < -0.39 is 69.5 Å². The number of ether oxygens (including phenoxy) is 1. The maximum Gasteiger partial charge on any atom is 0.410 e. The van der Waals surface area contributed by atoms with Gasteiger partial charge in [0.25, 0.3) is 5.91 Å². The molecule has 10 nitrogen and oxygen atoms in total. The Bertz CT molecular complexity index is 1250. The smallest absolute Gasteiger partial charge is 0.410 e. The van der Waals surface area contributed by atoms with Gasteiger partial charge in [0.2, 0.25) is 10.9 Å². The van der Waals surface area contributed by atoms with Crippen LogP contribution in [0.15, 0.2) is 24.4 Å². The average Bonchev–Trinajstić information content (AvgIpc) is 3.31. The fourth-order valence-electron chi connectivity index (χ4n) is 3.98. The molecule has 1 fully saturated rings. The van der Waals surface area contributed by atoms with E-state index in [1.807, 2.05) is 0 Å². The van der Waals surface area contributed by atoms with Gasteiger partial charge in [-0.15, -0.1) is 0 Å². The van der Waals surface area contributed by atoms with Gasteiger partial charge >= 0.3 is 6.09 Å². The summed E-state index contributed by atoms with van der Waals surface area (Å²) in [6.07, 6.45) is 0.296. The predicted molar refractivity (Wildman–Crippen MR) is 125 cm³/mol. The Morgan fingerprint density at radius 1 is 1.22 bits per heavy atom. The molecule has 198 valence electrons. The molecule has 3 rings (SSSR count). The summed E-state index contributed by atoms with van der Waals surface area (Å²) in [6, 6.07) is 2.56. The molecule has 0 saturated carbocycles. The molecule has 36 heavy (non-hydrogen) atoms. The molecule has 1 aromatic heterocycles. The van der Waals surface area contributed by atoms with E-state index in [0.29, 0.717) is 10.4 Å². The Balaban J connectivity index is 1.94. The van der Waals surface area contributed by atoms with Gasteiger partial charge in [-0.3, -0.25) is 9.10 Å². The number of carbonyl (C=O) groups excluding carboxylic acids is 2. The number of rotatable bonds is 6. The molecule has 0 radical (unpaired) electrons. The molecule has 0 bridgehead atoms.